The topological polar surface area (TPSA) is 64.3 Å². The number of benzene rings is 1. The van der Waals surface area contributed by atoms with Gasteiger partial charge in [-0.25, -0.2) is 4.79 Å². The summed E-state index contributed by atoms with van der Waals surface area (Å²) in [4.78, 5) is 11.2. The molecule has 5 nitrogen and oxygen atoms in total. The molecule has 1 atom stereocenters. The molecule has 0 aliphatic carbocycles. The maximum atomic E-state index is 11.2. The highest BCUT2D eigenvalue weighted by molar-refractivity contribution is 9.10. The molecule has 1 aromatic heterocycles. The van der Waals surface area contributed by atoms with Crippen LogP contribution in [-0.2, 0) is 6.61 Å². The van der Waals surface area contributed by atoms with E-state index in [2.05, 4.69) is 34.9 Å². The Labute approximate surface area is 131 Å². The van der Waals surface area contributed by atoms with E-state index in [1.165, 1.54) is 6.07 Å². The van der Waals surface area contributed by atoms with Gasteiger partial charge in [0.25, 0.3) is 0 Å². The molecule has 2 rings (SSSR count). The molecule has 1 aromatic carbocycles. The number of carbonyl (C=O) groups is 1. The van der Waals surface area contributed by atoms with Crippen LogP contribution >= 0.6 is 15.9 Å². The Bertz CT molecular complexity index is 640. The van der Waals surface area contributed by atoms with Crippen LogP contribution in [0.15, 0.2) is 34.9 Å². The minimum atomic E-state index is -1.02. The second-order valence-corrected chi connectivity index (χ2v) is 5.61. The minimum Gasteiger partial charge on any atom is -0.485 e. The van der Waals surface area contributed by atoms with E-state index in [1.54, 1.807) is 12.1 Å². The average molecular weight is 353 g/mol. The Morgan fingerprint density at radius 3 is 2.90 bits per heavy atom. The van der Waals surface area contributed by atoms with Crippen molar-refractivity contribution in [1.29, 1.82) is 0 Å². The van der Waals surface area contributed by atoms with Crippen molar-refractivity contribution in [2.75, 3.05) is 0 Å². The molecule has 112 valence electrons. The van der Waals surface area contributed by atoms with E-state index >= 15 is 0 Å². The van der Waals surface area contributed by atoms with Gasteiger partial charge in [0.05, 0.1) is 10.2 Å². The summed E-state index contributed by atoms with van der Waals surface area (Å²) in [5.41, 5.74) is 0.896. The standard InChI is InChI=1S/C15H17BrN2O3/c1-3-10(2)18-8-7-11(17-18)9-21-14-12(15(19)20)5-4-6-13(14)16/h4-8,10H,3,9H2,1-2H3,(H,19,20). The monoisotopic (exact) mass is 352 g/mol. The maximum Gasteiger partial charge on any atom is 0.339 e. The normalized spacial score (nSPS) is 12.1. The highest BCUT2D eigenvalue weighted by Crippen LogP contribution is 2.29. The molecule has 1 heterocycles. The zero-order valence-electron chi connectivity index (χ0n) is 11.9. The number of hydrogen-bond donors (Lipinski definition) is 1. The van der Waals surface area contributed by atoms with Crippen molar-refractivity contribution < 1.29 is 14.6 Å². The summed E-state index contributed by atoms with van der Waals surface area (Å²) in [5.74, 6) is -0.695. The Morgan fingerprint density at radius 1 is 1.48 bits per heavy atom. The second-order valence-electron chi connectivity index (χ2n) is 4.75. The highest BCUT2D eigenvalue weighted by atomic mass is 79.9. The number of aromatic nitrogens is 2. The van der Waals surface area contributed by atoms with E-state index in [-0.39, 0.29) is 12.2 Å². The van der Waals surface area contributed by atoms with Crippen molar-refractivity contribution >= 4 is 21.9 Å². The summed E-state index contributed by atoms with van der Waals surface area (Å²) in [6.07, 6.45) is 2.90. The van der Waals surface area contributed by atoms with E-state index in [0.717, 1.165) is 12.1 Å². The van der Waals surface area contributed by atoms with Crippen molar-refractivity contribution in [2.45, 2.75) is 32.9 Å². The van der Waals surface area contributed by atoms with Gasteiger partial charge in [0, 0.05) is 12.2 Å². The number of aromatic carboxylic acids is 1. The fourth-order valence-electron chi connectivity index (χ4n) is 1.86. The SMILES string of the molecule is CCC(C)n1ccc(COc2c(Br)cccc2C(=O)O)n1. The molecule has 0 aliphatic rings. The van der Waals surface area contributed by atoms with Crippen molar-refractivity contribution in [3.8, 4) is 5.75 Å². The van der Waals surface area contributed by atoms with E-state index in [9.17, 15) is 9.90 Å². The zero-order chi connectivity index (χ0) is 15.4. The number of carboxylic acid groups (broad SMARTS) is 1. The molecule has 6 heteroatoms. The number of hydrogen-bond acceptors (Lipinski definition) is 3. The fourth-order valence-corrected chi connectivity index (χ4v) is 2.34. The Hall–Kier alpha value is -1.82. The van der Waals surface area contributed by atoms with Crippen molar-refractivity contribution in [3.05, 3.63) is 46.2 Å². The number of nitrogens with zero attached hydrogens (tertiary/aromatic N) is 2. The highest BCUT2D eigenvalue weighted by Gasteiger charge is 2.15. The van der Waals surface area contributed by atoms with E-state index in [4.69, 9.17) is 4.74 Å². The van der Waals surface area contributed by atoms with Crippen LogP contribution in [0.3, 0.4) is 0 Å². The van der Waals surface area contributed by atoms with E-state index in [0.29, 0.717) is 16.3 Å². The first-order valence-electron chi connectivity index (χ1n) is 6.71. The lowest BCUT2D eigenvalue weighted by Crippen LogP contribution is -2.07. The van der Waals surface area contributed by atoms with Gasteiger partial charge in [-0.1, -0.05) is 13.0 Å². The van der Waals surface area contributed by atoms with Gasteiger partial charge in [0.15, 0.2) is 0 Å². The van der Waals surface area contributed by atoms with Crippen LogP contribution in [0.2, 0.25) is 0 Å². The van der Waals surface area contributed by atoms with Crippen LogP contribution in [0.5, 0.6) is 5.75 Å². The zero-order valence-corrected chi connectivity index (χ0v) is 13.5. The molecular formula is C15H17BrN2O3. The molecule has 0 spiro atoms. The summed E-state index contributed by atoms with van der Waals surface area (Å²) in [7, 11) is 0. The molecule has 0 bridgehead atoms. The van der Waals surface area contributed by atoms with Gasteiger partial charge < -0.3 is 9.84 Å². The van der Waals surface area contributed by atoms with Gasteiger partial charge in [0.1, 0.15) is 17.9 Å². The first-order valence-corrected chi connectivity index (χ1v) is 7.50. The number of para-hydroxylation sites is 1. The van der Waals surface area contributed by atoms with Crippen LogP contribution in [0, 0.1) is 0 Å². The Kier molecular flexibility index (Phi) is 5.01. The lowest BCUT2D eigenvalue weighted by Gasteiger charge is -2.10. The lowest BCUT2D eigenvalue weighted by molar-refractivity contribution is 0.0691. The first kappa shape index (κ1) is 15.6. The van der Waals surface area contributed by atoms with Crippen LogP contribution in [0.25, 0.3) is 0 Å². The quantitative estimate of drug-likeness (QED) is 0.856. The van der Waals surface area contributed by atoms with Gasteiger partial charge in [-0.3, -0.25) is 4.68 Å². The maximum absolute atomic E-state index is 11.2. The molecule has 2 aromatic rings. The van der Waals surface area contributed by atoms with Gasteiger partial charge in [-0.05, 0) is 47.5 Å². The third-order valence-electron chi connectivity index (χ3n) is 3.27. The third kappa shape index (κ3) is 3.64. The van der Waals surface area contributed by atoms with E-state index in [1.807, 2.05) is 16.9 Å². The molecule has 0 saturated carbocycles. The van der Waals surface area contributed by atoms with Crippen molar-refractivity contribution in [1.82, 2.24) is 9.78 Å². The smallest absolute Gasteiger partial charge is 0.339 e. The number of carboxylic acids is 1. The summed E-state index contributed by atoms with van der Waals surface area (Å²) in [5, 5.41) is 13.6. The van der Waals surface area contributed by atoms with Crippen LogP contribution in [-0.4, -0.2) is 20.9 Å². The minimum absolute atomic E-state index is 0.130. The fraction of sp³-hybridized carbons (Fsp3) is 0.333. The molecule has 0 fully saturated rings. The number of ether oxygens (including phenoxy) is 1. The van der Waals surface area contributed by atoms with Crippen LogP contribution < -0.4 is 4.74 Å². The molecule has 0 radical (unpaired) electrons. The van der Waals surface area contributed by atoms with Crippen LogP contribution in [0.4, 0.5) is 0 Å². The summed E-state index contributed by atoms with van der Waals surface area (Å²) >= 11 is 3.31. The molecule has 1 N–H and O–H groups in total. The van der Waals surface area contributed by atoms with Gasteiger partial charge >= 0.3 is 5.97 Å². The predicted molar refractivity (Wildman–Crippen MR) is 82.7 cm³/mol. The average Bonchev–Trinajstić information content (AvgIpc) is 2.93. The van der Waals surface area contributed by atoms with Gasteiger partial charge in [0.2, 0.25) is 0 Å². The van der Waals surface area contributed by atoms with Crippen LogP contribution in [0.1, 0.15) is 42.4 Å². The Morgan fingerprint density at radius 2 is 2.24 bits per heavy atom. The predicted octanol–water partition coefficient (Wildman–Crippen LogP) is 3.89. The molecule has 21 heavy (non-hydrogen) atoms. The van der Waals surface area contributed by atoms with Crippen molar-refractivity contribution in [2.24, 2.45) is 0 Å². The first-order chi connectivity index (χ1) is 10.0. The summed E-state index contributed by atoms with van der Waals surface area (Å²) in [6, 6.07) is 7.14. The largest absolute Gasteiger partial charge is 0.485 e. The third-order valence-corrected chi connectivity index (χ3v) is 3.89. The molecular weight excluding hydrogens is 336 g/mol. The van der Waals surface area contributed by atoms with Crippen molar-refractivity contribution in [3.63, 3.8) is 0 Å². The Balaban J connectivity index is 2.13. The molecule has 0 aliphatic heterocycles. The molecule has 0 amide bonds. The summed E-state index contributed by atoms with van der Waals surface area (Å²) in [6.45, 7) is 4.42. The molecule has 0 saturated heterocycles. The molecule has 1 unspecified atom stereocenters. The van der Waals surface area contributed by atoms with Gasteiger partial charge in [-0.15, -0.1) is 0 Å². The lowest BCUT2D eigenvalue weighted by atomic mass is 10.2. The number of halogens is 1. The van der Waals surface area contributed by atoms with E-state index < -0.39 is 5.97 Å². The van der Waals surface area contributed by atoms with Gasteiger partial charge in [-0.2, -0.15) is 5.10 Å². The summed E-state index contributed by atoms with van der Waals surface area (Å²) < 4.78 is 8.14. The second kappa shape index (κ2) is 6.76. The number of rotatable bonds is 6.